The number of nitrogens with zero attached hydrogens (tertiary/aromatic N) is 2. The lowest BCUT2D eigenvalue weighted by atomic mass is 10.1. The molecular weight excluding hydrogens is 431 g/mol. The third-order valence-corrected chi connectivity index (χ3v) is 5.32. The molecule has 1 fully saturated rings. The molecule has 24 heavy (non-hydrogen) atoms. The first kappa shape index (κ1) is 21.4. The maximum atomic E-state index is 4.79. The van der Waals surface area contributed by atoms with Gasteiger partial charge in [-0.3, -0.25) is 9.89 Å². The second-order valence-electron chi connectivity index (χ2n) is 6.14. The van der Waals surface area contributed by atoms with E-state index >= 15 is 0 Å². The summed E-state index contributed by atoms with van der Waals surface area (Å²) in [6.07, 6.45) is 4.32. The van der Waals surface area contributed by atoms with E-state index in [1.165, 1.54) is 17.7 Å². The summed E-state index contributed by atoms with van der Waals surface area (Å²) in [5.41, 5.74) is 0. The van der Waals surface area contributed by atoms with Gasteiger partial charge in [-0.2, -0.15) is 0 Å². The number of hydrogen-bond acceptors (Lipinski definition) is 3. The second-order valence-corrected chi connectivity index (χ2v) is 7.12. The second kappa shape index (κ2) is 11.9. The molecule has 1 aliphatic heterocycles. The van der Waals surface area contributed by atoms with Gasteiger partial charge in [0, 0.05) is 43.0 Å². The Morgan fingerprint density at radius 3 is 2.83 bits per heavy atom. The van der Waals surface area contributed by atoms with Crippen LogP contribution in [0.25, 0.3) is 0 Å². The van der Waals surface area contributed by atoms with Gasteiger partial charge in [-0.1, -0.05) is 19.1 Å². The number of thiophene rings is 1. The Bertz CT molecular complexity index is 481. The van der Waals surface area contributed by atoms with Crippen molar-refractivity contribution in [1.82, 2.24) is 15.5 Å². The van der Waals surface area contributed by atoms with E-state index in [4.69, 9.17) is 4.99 Å². The van der Waals surface area contributed by atoms with Gasteiger partial charge in [-0.05, 0) is 31.2 Å². The SMILES string of the molecule is C=CCN1CCC(NC(=NCC(C)c2cccs2)NCC)CC1.I. The number of rotatable bonds is 7. The summed E-state index contributed by atoms with van der Waals surface area (Å²) in [5.74, 6) is 1.43. The van der Waals surface area contributed by atoms with Gasteiger partial charge in [0.2, 0.25) is 0 Å². The standard InChI is InChI=1S/C18H30N4S.HI/c1-4-10-22-11-8-16(9-12-22)21-18(19-5-2)20-14-15(3)17-7-6-13-23-17;/h4,6-7,13,15-16H,1,5,8-12,14H2,2-3H3,(H2,19,20,21);1H. The minimum Gasteiger partial charge on any atom is -0.357 e. The number of likely N-dealkylation sites (tertiary alicyclic amines) is 1. The van der Waals surface area contributed by atoms with Crippen molar-refractivity contribution in [3.8, 4) is 0 Å². The summed E-state index contributed by atoms with van der Waals surface area (Å²) < 4.78 is 0. The van der Waals surface area contributed by atoms with Crippen LogP contribution in [-0.2, 0) is 0 Å². The van der Waals surface area contributed by atoms with E-state index in [2.05, 4.69) is 53.5 Å². The molecule has 1 aliphatic rings. The van der Waals surface area contributed by atoms with Crippen LogP contribution < -0.4 is 10.6 Å². The number of aliphatic imine (C=N–C) groups is 1. The topological polar surface area (TPSA) is 39.7 Å². The van der Waals surface area contributed by atoms with Crippen molar-refractivity contribution in [2.24, 2.45) is 4.99 Å². The molecule has 0 bridgehead atoms. The third kappa shape index (κ3) is 7.11. The Hall–Kier alpha value is -0.600. The summed E-state index contributed by atoms with van der Waals surface area (Å²) in [6, 6.07) is 4.83. The number of halogens is 1. The third-order valence-electron chi connectivity index (χ3n) is 4.21. The Kier molecular flexibility index (Phi) is 10.6. The van der Waals surface area contributed by atoms with Crippen molar-refractivity contribution in [2.45, 2.75) is 38.6 Å². The molecule has 1 saturated heterocycles. The average Bonchev–Trinajstić information content (AvgIpc) is 3.09. The molecule has 1 aromatic heterocycles. The highest BCUT2D eigenvalue weighted by Gasteiger charge is 2.19. The highest BCUT2D eigenvalue weighted by molar-refractivity contribution is 14.0. The van der Waals surface area contributed by atoms with E-state index < -0.39 is 0 Å². The zero-order valence-electron chi connectivity index (χ0n) is 14.8. The van der Waals surface area contributed by atoms with Crippen LogP contribution in [0, 0.1) is 0 Å². The molecule has 1 aromatic rings. The first-order valence-electron chi connectivity index (χ1n) is 8.64. The quantitative estimate of drug-likeness (QED) is 0.281. The van der Waals surface area contributed by atoms with Crippen LogP contribution in [0.3, 0.4) is 0 Å². The smallest absolute Gasteiger partial charge is 0.191 e. The molecule has 2 rings (SSSR count). The lowest BCUT2D eigenvalue weighted by Crippen LogP contribution is -2.48. The fourth-order valence-corrected chi connectivity index (χ4v) is 3.62. The largest absolute Gasteiger partial charge is 0.357 e. The summed E-state index contributed by atoms with van der Waals surface area (Å²) in [7, 11) is 0. The van der Waals surface area contributed by atoms with E-state index in [1.807, 2.05) is 17.4 Å². The van der Waals surface area contributed by atoms with Crippen molar-refractivity contribution in [3.05, 3.63) is 35.0 Å². The summed E-state index contributed by atoms with van der Waals surface area (Å²) in [5, 5.41) is 9.12. The molecule has 0 radical (unpaired) electrons. The van der Waals surface area contributed by atoms with E-state index in [1.54, 1.807) is 0 Å². The predicted octanol–water partition coefficient (Wildman–Crippen LogP) is 3.68. The van der Waals surface area contributed by atoms with Crippen LogP contribution in [-0.4, -0.2) is 49.6 Å². The Balaban J connectivity index is 0.00000288. The van der Waals surface area contributed by atoms with E-state index in [0.29, 0.717) is 12.0 Å². The fourth-order valence-electron chi connectivity index (χ4n) is 2.85. The Labute approximate surface area is 167 Å². The molecule has 0 saturated carbocycles. The van der Waals surface area contributed by atoms with Gasteiger partial charge < -0.3 is 10.6 Å². The average molecular weight is 462 g/mol. The first-order chi connectivity index (χ1) is 11.2. The summed E-state index contributed by atoms with van der Waals surface area (Å²) >= 11 is 1.81. The summed E-state index contributed by atoms with van der Waals surface area (Å²) in [6.45, 7) is 13.2. The van der Waals surface area contributed by atoms with Gasteiger partial charge >= 0.3 is 0 Å². The van der Waals surface area contributed by atoms with Gasteiger partial charge in [-0.25, -0.2) is 0 Å². The van der Waals surface area contributed by atoms with Gasteiger partial charge in [0.15, 0.2) is 5.96 Å². The van der Waals surface area contributed by atoms with Gasteiger partial charge in [0.05, 0.1) is 6.54 Å². The van der Waals surface area contributed by atoms with Crippen molar-refractivity contribution in [2.75, 3.05) is 32.7 Å². The normalized spacial score (nSPS) is 17.8. The molecular formula is C18H31IN4S. The molecule has 2 N–H and O–H groups in total. The minimum atomic E-state index is 0. The number of guanidine groups is 1. The Morgan fingerprint density at radius 1 is 1.50 bits per heavy atom. The van der Waals surface area contributed by atoms with Gasteiger partial charge in [-0.15, -0.1) is 41.9 Å². The zero-order chi connectivity index (χ0) is 16.5. The van der Waals surface area contributed by atoms with Crippen LogP contribution in [0.15, 0.2) is 35.2 Å². The molecule has 136 valence electrons. The van der Waals surface area contributed by atoms with Crippen LogP contribution in [0.4, 0.5) is 0 Å². The van der Waals surface area contributed by atoms with Crippen molar-refractivity contribution < 1.29 is 0 Å². The molecule has 0 aromatic carbocycles. The number of piperidine rings is 1. The van der Waals surface area contributed by atoms with Gasteiger partial charge in [0.25, 0.3) is 0 Å². The molecule has 2 heterocycles. The Morgan fingerprint density at radius 2 is 2.25 bits per heavy atom. The molecule has 1 atom stereocenters. The van der Waals surface area contributed by atoms with E-state index in [9.17, 15) is 0 Å². The van der Waals surface area contributed by atoms with E-state index in [0.717, 1.165) is 38.7 Å². The maximum absolute atomic E-state index is 4.79. The number of nitrogens with one attached hydrogen (secondary N) is 2. The molecule has 0 amide bonds. The highest BCUT2D eigenvalue weighted by Crippen LogP contribution is 2.20. The van der Waals surface area contributed by atoms with E-state index in [-0.39, 0.29) is 24.0 Å². The van der Waals surface area contributed by atoms with Crippen LogP contribution in [0.2, 0.25) is 0 Å². The van der Waals surface area contributed by atoms with Crippen LogP contribution in [0.1, 0.15) is 37.5 Å². The molecule has 0 aliphatic carbocycles. The summed E-state index contributed by atoms with van der Waals surface area (Å²) in [4.78, 5) is 8.65. The fraction of sp³-hybridized carbons (Fsp3) is 0.611. The zero-order valence-corrected chi connectivity index (χ0v) is 18.0. The van der Waals surface area contributed by atoms with Crippen molar-refractivity contribution in [1.29, 1.82) is 0 Å². The van der Waals surface area contributed by atoms with Crippen molar-refractivity contribution in [3.63, 3.8) is 0 Å². The van der Waals surface area contributed by atoms with Crippen LogP contribution >= 0.6 is 35.3 Å². The van der Waals surface area contributed by atoms with Gasteiger partial charge in [0.1, 0.15) is 0 Å². The van der Waals surface area contributed by atoms with Crippen molar-refractivity contribution >= 4 is 41.3 Å². The molecule has 4 nitrogen and oxygen atoms in total. The molecule has 0 spiro atoms. The number of hydrogen-bond donors (Lipinski definition) is 2. The first-order valence-corrected chi connectivity index (χ1v) is 9.52. The molecule has 6 heteroatoms. The monoisotopic (exact) mass is 462 g/mol. The highest BCUT2D eigenvalue weighted by atomic mass is 127. The lowest BCUT2D eigenvalue weighted by Gasteiger charge is -2.32. The predicted molar refractivity (Wildman–Crippen MR) is 117 cm³/mol. The van der Waals surface area contributed by atoms with Crippen LogP contribution in [0.5, 0.6) is 0 Å². The lowest BCUT2D eigenvalue weighted by molar-refractivity contribution is 0.225. The minimum absolute atomic E-state index is 0. The molecule has 1 unspecified atom stereocenters. The maximum Gasteiger partial charge on any atom is 0.191 e.